The number of aromatic nitrogens is 2. The van der Waals surface area contributed by atoms with E-state index in [1.807, 2.05) is 11.2 Å². The number of aryl methyl sites for hydroxylation is 2. The van der Waals surface area contributed by atoms with E-state index in [2.05, 4.69) is 35.5 Å². The number of esters is 1. The van der Waals surface area contributed by atoms with E-state index in [4.69, 9.17) is 4.74 Å². The average molecular weight is 405 g/mol. The summed E-state index contributed by atoms with van der Waals surface area (Å²) in [6, 6.07) is 11.0. The van der Waals surface area contributed by atoms with Gasteiger partial charge in [-0.2, -0.15) is 0 Å². The highest BCUT2D eigenvalue weighted by molar-refractivity contribution is 5.96. The number of methoxy groups -OCH3 is 1. The Bertz CT molecular complexity index is 1080. The van der Waals surface area contributed by atoms with Crippen LogP contribution in [0.4, 0.5) is 0 Å². The molecule has 0 aliphatic carbocycles. The molecule has 1 aliphatic rings. The number of benzene rings is 2. The summed E-state index contributed by atoms with van der Waals surface area (Å²) in [7, 11) is 1.35. The first-order valence-corrected chi connectivity index (χ1v) is 10.4. The Kier molecular flexibility index (Phi) is 5.57. The maximum absolute atomic E-state index is 12.8. The second-order valence-electron chi connectivity index (χ2n) is 8.13. The van der Waals surface area contributed by atoms with Gasteiger partial charge in [-0.1, -0.05) is 0 Å². The smallest absolute Gasteiger partial charge is 0.337 e. The third-order valence-electron chi connectivity index (χ3n) is 6.15. The van der Waals surface area contributed by atoms with Crippen LogP contribution in [0.1, 0.15) is 44.7 Å². The van der Waals surface area contributed by atoms with Crippen LogP contribution in [0.25, 0.3) is 11.0 Å². The predicted molar refractivity (Wildman–Crippen MR) is 116 cm³/mol. The van der Waals surface area contributed by atoms with E-state index in [-0.39, 0.29) is 5.91 Å². The maximum atomic E-state index is 12.8. The van der Waals surface area contributed by atoms with E-state index in [1.165, 1.54) is 23.8 Å². The van der Waals surface area contributed by atoms with Crippen LogP contribution in [0.15, 0.2) is 42.7 Å². The summed E-state index contributed by atoms with van der Waals surface area (Å²) >= 11 is 0. The number of hydrogen-bond acceptors (Lipinski definition) is 4. The number of amides is 1. The topological polar surface area (TPSA) is 64.4 Å². The number of fused-ring (bicyclic) bond motifs is 1. The molecule has 1 fully saturated rings. The van der Waals surface area contributed by atoms with Gasteiger partial charge >= 0.3 is 5.97 Å². The lowest BCUT2D eigenvalue weighted by Crippen LogP contribution is -2.39. The average Bonchev–Trinajstić information content (AvgIpc) is 3.15. The highest BCUT2D eigenvalue weighted by Crippen LogP contribution is 2.24. The Morgan fingerprint density at radius 2 is 1.67 bits per heavy atom. The van der Waals surface area contributed by atoms with Crippen molar-refractivity contribution < 1.29 is 14.3 Å². The van der Waals surface area contributed by atoms with E-state index in [0.29, 0.717) is 17.0 Å². The highest BCUT2D eigenvalue weighted by Gasteiger charge is 2.24. The number of imidazole rings is 1. The lowest BCUT2D eigenvalue weighted by atomic mass is 9.96. The van der Waals surface area contributed by atoms with Crippen LogP contribution in [0, 0.1) is 19.8 Å². The zero-order valence-corrected chi connectivity index (χ0v) is 17.7. The minimum atomic E-state index is -0.396. The number of likely N-dealkylation sites (tertiary alicyclic amines) is 1. The molecule has 0 radical (unpaired) electrons. The Hall–Kier alpha value is -3.15. The molecule has 0 saturated carbocycles. The second kappa shape index (κ2) is 8.30. The van der Waals surface area contributed by atoms with Crippen molar-refractivity contribution in [2.75, 3.05) is 20.2 Å². The molecule has 1 amide bonds. The van der Waals surface area contributed by atoms with Gasteiger partial charge in [0.05, 0.1) is 30.0 Å². The molecule has 0 unspecified atom stereocenters. The summed E-state index contributed by atoms with van der Waals surface area (Å²) in [5.74, 6) is 0.144. The molecular formula is C24H27N3O3. The highest BCUT2D eigenvalue weighted by atomic mass is 16.5. The largest absolute Gasteiger partial charge is 0.465 e. The molecule has 4 rings (SSSR count). The number of carbonyl (C=O) groups is 2. The summed E-state index contributed by atoms with van der Waals surface area (Å²) in [5, 5.41) is 0. The van der Waals surface area contributed by atoms with Crippen molar-refractivity contribution in [3.05, 3.63) is 65.0 Å². The Labute approximate surface area is 176 Å². The van der Waals surface area contributed by atoms with Gasteiger partial charge in [0.2, 0.25) is 0 Å². The van der Waals surface area contributed by atoms with Crippen LogP contribution in [-0.2, 0) is 11.3 Å². The molecule has 2 aromatic carbocycles. The number of rotatable bonds is 4. The summed E-state index contributed by atoms with van der Waals surface area (Å²) in [6.45, 7) is 6.66. The molecule has 0 atom stereocenters. The molecule has 30 heavy (non-hydrogen) atoms. The molecule has 1 saturated heterocycles. The van der Waals surface area contributed by atoms with Crippen molar-refractivity contribution in [2.45, 2.75) is 33.2 Å². The fraction of sp³-hybridized carbons (Fsp3) is 0.375. The molecule has 0 spiro atoms. The number of nitrogens with zero attached hydrogens (tertiary/aromatic N) is 3. The van der Waals surface area contributed by atoms with Crippen LogP contribution in [0.2, 0.25) is 0 Å². The van der Waals surface area contributed by atoms with Gasteiger partial charge in [0, 0.05) is 25.2 Å². The fourth-order valence-electron chi connectivity index (χ4n) is 4.10. The van der Waals surface area contributed by atoms with Crippen molar-refractivity contribution in [3.63, 3.8) is 0 Å². The van der Waals surface area contributed by atoms with E-state index in [9.17, 15) is 9.59 Å². The van der Waals surface area contributed by atoms with Gasteiger partial charge in [0.1, 0.15) is 0 Å². The summed E-state index contributed by atoms with van der Waals surface area (Å²) in [6.07, 6.45) is 3.87. The van der Waals surface area contributed by atoms with E-state index >= 15 is 0 Å². The lowest BCUT2D eigenvalue weighted by molar-refractivity contribution is 0.0599. The Balaban J connectivity index is 1.37. The van der Waals surface area contributed by atoms with Crippen LogP contribution in [0.3, 0.4) is 0 Å². The third kappa shape index (κ3) is 3.95. The second-order valence-corrected chi connectivity index (χ2v) is 8.13. The van der Waals surface area contributed by atoms with Gasteiger partial charge in [-0.3, -0.25) is 4.79 Å². The molecule has 1 aromatic heterocycles. The maximum Gasteiger partial charge on any atom is 0.337 e. The van der Waals surface area contributed by atoms with Crippen LogP contribution in [0.5, 0.6) is 0 Å². The molecule has 1 aliphatic heterocycles. The van der Waals surface area contributed by atoms with E-state index in [0.717, 1.165) is 38.0 Å². The van der Waals surface area contributed by atoms with Crippen molar-refractivity contribution in [3.8, 4) is 0 Å². The predicted octanol–water partition coefficient (Wildman–Crippen LogP) is 3.99. The van der Waals surface area contributed by atoms with Crippen molar-refractivity contribution in [2.24, 2.45) is 5.92 Å². The van der Waals surface area contributed by atoms with E-state index in [1.54, 1.807) is 24.3 Å². The fourth-order valence-corrected chi connectivity index (χ4v) is 4.10. The van der Waals surface area contributed by atoms with Crippen LogP contribution < -0.4 is 0 Å². The number of hydrogen-bond donors (Lipinski definition) is 0. The van der Waals surface area contributed by atoms with Crippen LogP contribution in [-0.4, -0.2) is 46.5 Å². The molecule has 6 nitrogen and oxygen atoms in total. The molecule has 6 heteroatoms. The first-order valence-electron chi connectivity index (χ1n) is 10.4. The first kappa shape index (κ1) is 20.1. The number of carbonyl (C=O) groups excluding carboxylic acids is 2. The summed E-state index contributed by atoms with van der Waals surface area (Å²) < 4.78 is 6.95. The minimum Gasteiger partial charge on any atom is -0.465 e. The van der Waals surface area contributed by atoms with Gasteiger partial charge in [-0.15, -0.1) is 0 Å². The van der Waals surface area contributed by atoms with Gasteiger partial charge in [-0.25, -0.2) is 9.78 Å². The first-order chi connectivity index (χ1) is 14.5. The normalized spacial score (nSPS) is 14.8. The minimum absolute atomic E-state index is 0.0176. The van der Waals surface area contributed by atoms with Gasteiger partial charge in [-0.05, 0) is 80.1 Å². The quantitative estimate of drug-likeness (QED) is 0.616. The lowest BCUT2D eigenvalue weighted by Gasteiger charge is -2.32. The third-order valence-corrected chi connectivity index (χ3v) is 6.15. The SMILES string of the molecule is COC(=O)c1ccc(C(=O)N2CCC(Cn3cnc4cc(C)c(C)cc43)CC2)cc1. The molecular weight excluding hydrogens is 378 g/mol. The van der Waals surface area contributed by atoms with Crippen molar-refractivity contribution in [1.82, 2.24) is 14.5 Å². The summed E-state index contributed by atoms with van der Waals surface area (Å²) in [5.41, 5.74) is 5.82. The molecule has 2 heterocycles. The molecule has 3 aromatic rings. The van der Waals surface area contributed by atoms with Crippen LogP contribution >= 0.6 is 0 Å². The standard InChI is InChI=1S/C24H27N3O3/c1-16-12-21-22(13-17(16)2)27(15-25-21)14-18-8-10-26(11-9-18)23(28)19-4-6-20(7-5-19)24(29)30-3/h4-7,12-13,15,18H,8-11,14H2,1-3H3. The van der Waals surface area contributed by atoms with E-state index < -0.39 is 5.97 Å². The Morgan fingerprint density at radius 1 is 1.03 bits per heavy atom. The molecule has 0 N–H and O–H groups in total. The molecule has 156 valence electrons. The number of piperidine rings is 1. The Morgan fingerprint density at radius 3 is 2.33 bits per heavy atom. The van der Waals surface area contributed by atoms with Crippen molar-refractivity contribution in [1.29, 1.82) is 0 Å². The molecule has 0 bridgehead atoms. The summed E-state index contributed by atoms with van der Waals surface area (Å²) in [4.78, 5) is 30.8. The van der Waals surface area contributed by atoms with Gasteiger partial charge < -0.3 is 14.2 Å². The van der Waals surface area contributed by atoms with Gasteiger partial charge in [0.25, 0.3) is 5.91 Å². The van der Waals surface area contributed by atoms with Gasteiger partial charge in [0.15, 0.2) is 0 Å². The monoisotopic (exact) mass is 405 g/mol. The zero-order chi connectivity index (χ0) is 21.3. The zero-order valence-electron chi connectivity index (χ0n) is 17.7. The van der Waals surface area contributed by atoms with Crippen molar-refractivity contribution >= 4 is 22.9 Å². The number of ether oxygens (including phenoxy) is 1.